The number of nitrogens with zero attached hydrogens (tertiary/aromatic N) is 3. The zero-order valence-electron chi connectivity index (χ0n) is 12.9. The van der Waals surface area contributed by atoms with Crippen LogP contribution in [0.15, 0.2) is 35.4 Å². The zero-order chi connectivity index (χ0) is 16.2. The number of azide groups is 1. The Balaban J connectivity index is 1.84. The van der Waals surface area contributed by atoms with Gasteiger partial charge in [0.05, 0.1) is 12.6 Å². The van der Waals surface area contributed by atoms with E-state index in [9.17, 15) is 0 Å². The Morgan fingerprint density at radius 3 is 2.61 bits per heavy atom. The first kappa shape index (κ1) is 16.2. The lowest BCUT2D eigenvalue weighted by molar-refractivity contribution is -0.340. The second-order valence-electron chi connectivity index (χ2n) is 5.35. The molecule has 0 aliphatic carbocycles. The summed E-state index contributed by atoms with van der Waals surface area (Å²) in [6, 6.07) is 9.02. The van der Waals surface area contributed by atoms with Gasteiger partial charge in [-0.1, -0.05) is 35.4 Å². The van der Waals surface area contributed by atoms with Crippen LogP contribution in [0, 0.1) is 0 Å². The van der Waals surface area contributed by atoms with Gasteiger partial charge in [0.25, 0.3) is 0 Å². The second kappa shape index (κ2) is 7.27. The van der Waals surface area contributed by atoms with E-state index >= 15 is 0 Å². The summed E-state index contributed by atoms with van der Waals surface area (Å²) in [4.78, 5) is 2.93. The minimum absolute atomic E-state index is 0.317. The summed E-state index contributed by atoms with van der Waals surface area (Å²) in [5.74, 6) is 0. The fourth-order valence-electron chi connectivity index (χ4n) is 2.98. The van der Waals surface area contributed by atoms with E-state index in [0.717, 1.165) is 5.56 Å². The molecule has 0 aromatic heterocycles. The summed E-state index contributed by atoms with van der Waals surface area (Å²) in [7, 11) is 3.04. The number of hydrogen-bond donors (Lipinski definition) is 0. The van der Waals surface area contributed by atoms with Crippen molar-refractivity contribution < 1.29 is 23.7 Å². The van der Waals surface area contributed by atoms with Gasteiger partial charge in [-0.15, -0.1) is 0 Å². The van der Waals surface area contributed by atoms with Gasteiger partial charge in [0.15, 0.2) is 12.6 Å². The Hall–Kier alpha value is -1.67. The molecule has 0 spiro atoms. The van der Waals surface area contributed by atoms with Crippen LogP contribution in [-0.4, -0.2) is 51.5 Å². The largest absolute Gasteiger partial charge is 0.376 e. The molecule has 2 aliphatic heterocycles. The Labute approximate surface area is 133 Å². The molecule has 6 atom stereocenters. The minimum Gasteiger partial charge on any atom is -0.376 e. The van der Waals surface area contributed by atoms with Gasteiger partial charge in [0.2, 0.25) is 0 Å². The molecule has 0 radical (unpaired) electrons. The summed E-state index contributed by atoms with van der Waals surface area (Å²) in [5.41, 5.74) is 9.80. The molecule has 2 aliphatic rings. The lowest BCUT2D eigenvalue weighted by Gasteiger charge is -2.47. The van der Waals surface area contributed by atoms with E-state index in [0.29, 0.717) is 6.61 Å². The van der Waals surface area contributed by atoms with E-state index < -0.39 is 30.8 Å². The summed E-state index contributed by atoms with van der Waals surface area (Å²) in [6.07, 6.45) is -2.58. The first-order valence-electron chi connectivity index (χ1n) is 7.35. The van der Waals surface area contributed by atoms with Crippen molar-refractivity contribution in [1.29, 1.82) is 0 Å². The number of fused-ring (bicyclic) bond motifs is 1. The van der Waals surface area contributed by atoms with Crippen molar-refractivity contribution in [3.05, 3.63) is 46.3 Å². The first-order valence-corrected chi connectivity index (χ1v) is 7.35. The molecule has 1 unspecified atom stereocenters. The van der Waals surface area contributed by atoms with Gasteiger partial charge in [-0.3, -0.25) is 0 Å². The molecule has 0 N–H and O–H groups in total. The third kappa shape index (κ3) is 3.18. The molecule has 0 bridgehead atoms. The van der Waals surface area contributed by atoms with Crippen molar-refractivity contribution in [3.63, 3.8) is 0 Å². The average Bonchev–Trinajstić information content (AvgIpc) is 2.62. The van der Waals surface area contributed by atoms with Crippen LogP contribution in [0.5, 0.6) is 0 Å². The van der Waals surface area contributed by atoms with E-state index in [2.05, 4.69) is 10.0 Å². The van der Waals surface area contributed by atoms with Crippen LogP contribution in [0.2, 0.25) is 0 Å². The van der Waals surface area contributed by atoms with Crippen LogP contribution in [0.25, 0.3) is 10.4 Å². The monoisotopic (exact) mass is 321 g/mol. The van der Waals surface area contributed by atoms with Gasteiger partial charge >= 0.3 is 0 Å². The maximum atomic E-state index is 8.90. The summed E-state index contributed by atoms with van der Waals surface area (Å²) in [6.45, 7) is 0.317. The van der Waals surface area contributed by atoms with Crippen molar-refractivity contribution in [2.45, 2.75) is 36.9 Å². The van der Waals surface area contributed by atoms with E-state index in [1.165, 1.54) is 14.2 Å². The SMILES string of the molecule is CO[C@@H]1O[C@@H]2COC(c3ccccc3)O[C@@H]2[C@H](N=[N+]=[N-])[C@H]1OC. The molecular formula is C15H19N3O5. The van der Waals surface area contributed by atoms with Crippen molar-refractivity contribution in [2.24, 2.45) is 5.11 Å². The molecule has 8 nitrogen and oxygen atoms in total. The summed E-state index contributed by atoms with van der Waals surface area (Å²) < 4.78 is 28.3. The van der Waals surface area contributed by atoms with Gasteiger partial charge < -0.3 is 23.7 Å². The van der Waals surface area contributed by atoms with Crippen molar-refractivity contribution in [3.8, 4) is 0 Å². The van der Waals surface area contributed by atoms with Crippen LogP contribution in [0.1, 0.15) is 11.9 Å². The first-order chi connectivity index (χ1) is 11.3. The molecule has 2 fully saturated rings. The number of benzene rings is 1. The molecule has 2 saturated heterocycles. The number of hydrogen-bond acceptors (Lipinski definition) is 6. The number of ether oxygens (including phenoxy) is 5. The fourth-order valence-corrected chi connectivity index (χ4v) is 2.98. The standard InChI is InChI=1S/C15H19N3O5/c1-19-13-11(17-18-16)12-10(22-15(13)20-2)8-21-14(23-12)9-6-4-3-5-7-9/h3-7,10-15H,8H2,1-2H3/t10-,11+,12+,13-,14?,15-/m1/s1. The van der Waals surface area contributed by atoms with E-state index in [1.807, 2.05) is 30.3 Å². The Morgan fingerprint density at radius 2 is 1.96 bits per heavy atom. The van der Waals surface area contributed by atoms with Crippen LogP contribution < -0.4 is 0 Å². The van der Waals surface area contributed by atoms with Gasteiger partial charge in [-0.05, 0) is 5.53 Å². The van der Waals surface area contributed by atoms with Crippen molar-refractivity contribution >= 4 is 0 Å². The minimum atomic E-state index is -0.641. The van der Waals surface area contributed by atoms with Crippen molar-refractivity contribution in [1.82, 2.24) is 0 Å². The van der Waals surface area contributed by atoms with Crippen LogP contribution in [-0.2, 0) is 23.7 Å². The lowest BCUT2D eigenvalue weighted by atomic mass is 9.95. The molecule has 124 valence electrons. The number of rotatable bonds is 4. The van der Waals surface area contributed by atoms with E-state index in [-0.39, 0.29) is 6.10 Å². The predicted octanol–water partition coefficient (Wildman–Crippen LogP) is 2.17. The topological polar surface area (TPSA) is 94.9 Å². The van der Waals surface area contributed by atoms with Gasteiger partial charge in [0.1, 0.15) is 18.3 Å². The quantitative estimate of drug-likeness (QED) is 0.481. The van der Waals surface area contributed by atoms with E-state index in [4.69, 9.17) is 29.2 Å². The normalized spacial score (nSPS) is 36.8. The highest BCUT2D eigenvalue weighted by molar-refractivity contribution is 5.16. The van der Waals surface area contributed by atoms with Gasteiger partial charge in [-0.2, -0.15) is 0 Å². The molecule has 3 rings (SSSR count). The molecule has 23 heavy (non-hydrogen) atoms. The molecule has 0 saturated carbocycles. The summed E-state index contributed by atoms with van der Waals surface area (Å²) in [5, 5.41) is 3.86. The van der Waals surface area contributed by atoms with Crippen LogP contribution in [0.3, 0.4) is 0 Å². The smallest absolute Gasteiger partial charge is 0.184 e. The highest BCUT2D eigenvalue weighted by atomic mass is 16.7. The second-order valence-corrected chi connectivity index (χ2v) is 5.35. The van der Waals surface area contributed by atoms with Crippen molar-refractivity contribution in [2.75, 3.05) is 20.8 Å². The molecular weight excluding hydrogens is 302 g/mol. The van der Waals surface area contributed by atoms with Gasteiger partial charge in [-0.25, -0.2) is 0 Å². The maximum Gasteiger partial charge on any atom is 0.184 e. The predicted molar refractivity (Wildman–Crippen MR) is 79.4 cm³/mol. The Kier molecular flexibility index (Phi) is 5.12. The van der Waals surface area contributed by atoms with Crippen LogP contribution >= 0.6 is 0 Å². The Bertz CT molecular complexity index is 565. The number of methoxy groups -OCH3 is 2. The highest BCUT2D eigenvalue weighted by Crippen LogP contribution is 2.36. The van der Waals surface area contributed by atoms with Crippen LogP contribution in [0.4, 0.5) is 0 Å². The molecule has 1 aromatic carbocycles. The molecule has 0 amide bonds. The van der Waals surface area contributed by atoms with E-state index in [1.54, 1.807) is 0 Å². The van der Waals surface area contributed by atoms with Gasteiger partial charge in [0, 0.05) is 24.7 Å². The summed E-state index contributed by atoms with van der Waals surface area (Å²) >= 11 is 0. The maximum absolute atomic E-state index is 8.90. The Morgan fingerprint density at radius 1 is 1.17 bits per heavy atom. The average molecular weight is 321 g/mol. The lowest BCUT2D eigenvalue weighted by Crippen LogP contribution is -2.61. The third-order valence-corrected chi connectivity index (χ3v) is 4.07. The fraction of sp³-hybridized carbons (Fsp3) is 0.600. The molecule has 2 heterocycles. The third-order valence-electron chi connectivity index (χ3n) is 4.07. The molecule has 8 heteroatoms. The zero-order valence-corrected chi connectivity index (χ0v) is 12.9. The highest BCUT2D eigenvalue weighted by Gasteiger charge is 2.50. The molecule has 1 aromatic rings.